The second-order valence-corrected chi connectivity index (χ2v) is 3.27. The van der Waals surface area contributed by atoms with Crippen molar-refractivity contribution in [3.05, 3.63) is 35.6 Å². The molecule has 1 rings (SSSR count). The maximum Gasteiger partial charge on any atom is 0.0360 e. The van der Waals surface area contributed by atoms with Gasteiger partial charge in [-0.2, -0.15) is 0 Å². The highest BCUT2D eigenvalue weighted by molar-refractivity contribution is 5.30. The van der Waals surface area contributed by atoms with Gasteiger partial charge in [-0.3, -0.25) is 0 Å². The van der Waals surface area contributed by atoms with Crippen molar-refractivity contribution < 1.29 is 0 Å². The topological polar surface area (TPSA) is 3.24 Å². The SMILES string of the molecule is CCC1=CC(N(C)C)=CC=CC1. The van der Waals surface area contributed by atoms with Crippen LogP contribution in [0.25, 0.3) is 0 Å². The first-order valence-electron chi connectivity index (χ1n) is 4.47. The highest BCUT2D eigenvalue weighted by atomic mass is 15.1. The zero-order valence-electron chi connectivity index (χ0n) is 8.17. The van der Waals surface area contributed by atoms with Crippen LogP contribution in [0.1, 0.15) is 19.8 Å². The zero-order valence-corrected chi connectivity index (χ0v) is 8.17. The molecule has 0 saturated carbocycles. The fraction of sp³-hybridized carbons (Fsp3) is 0.455. The molecule has 0 aromatic heterocycles. The molecule has 0 spiro atoms. The highest BCUT2D eigenvalue weighted by Crippen LogP contribution is 2.15. The van der Waals surface area contributed by atoms with Gasteiger partial charge in [0.15, 0.2) is 0 Å². The molecule has 0 unspecified atom stereocenters. The summed E-state index contributed by atoms with van der Waals surface area (Å²) >= 11 is 0. The van der Waals surface area contributed by atoms with Gasteiger partial charge in [-0.1, -0.05) is 24.6 Å². The quantitative estimate of drug-likeness (QED) is 0.605. The third-order valence-corrected chi connectivity index (χ3v) is 2.11. The monoisotopic (exact) mass is 163 g/mol. The van der Waals surface area contributed by atoms with Crippen molar-refractivity contribution in [1.82, 2.24) is 4.90 Å². The number of hydrogen-bond donors (Lipinski definition) is 0. The summed E-state index contributed by atoms with van der Waals surface area (Å²) in [6.07, 6.45) is 11.0. The maximum absolute atomic E-state index is 2.28. The second-order valence-electron chi connectivity index (χ2n) is 3.27. The Morgan fingerprint density at radius 3 is 2.75 bits per heavy atom. The molecule has 0 heterocycles. The molecule has 1 heteroatoms. The van der Waals surface area contributed by atoms with E-state index < -0.39 is 0 Å². The van der Waals surface area contributed by atoms with Crippen LogP contribution in [-0.2, 0) is 0 Å². The summed E-state index contributed by atoms with van der Waals surface area (Å²) in [6.45, 7) is 2.21. The molecule has 0 fully saturated rings. The lowest BCUT2D eigenvalue weighted by Crippen LogP contribution is -2.09. The normalized spacial score (nSPS) is 16.6. The van der Waals surface area contributed by atoms with Crippen molar-refractivity contribution in [1.29, 1.82) is 0 Å². The predicted molar refractivity (Wildman–Crippen MR) is 53.9 cm³/mol. The standard InChI is InChI=1S/C11H17N/c1-4-10-7-5-6-8-11(9-10)12(2)3/h5-6,8-9H,4,7H2,1-3H3. The summed E-state index contributed by atoms with van der Waals surface area (Å²) in [4.78, 5) is 2.14. The first kappa shape index (κ1) is 9.11. The number of hydrogen-bond acceptors (Lipinski definition) is 1. The molecular formula is C11H17N. The van der Waals surface area contributed by atoms with Crippen LogP contribution in [0.4, 0.5) is 0 Å². The second kappa shape index (κ2) is 4.15. The molecule has 0 saturated heterocycles. The summed E-state index contributed by atoms with van der Waals surface area (Å²) in [5.41, 5.74) is 2.80. The first-order valence-corrected chi connectivity index (χ1v) is 4.47. The van der Waals surface area contributed by atoms with Crippen LogP contribution in [0.3, 0.4) is 0 Å². The Morgan fingerprint density at radius 1 is 1.42 bits per heavy atom. The minimum Gasteiger partial charge on any atom is -0.378 e. The van der Waals surface area contributed by atoms with Crippen molar-refractivity contribution in [3.8, 4) is 0 Å². The summed E-state index contributed by atoms with van der Waals surface area (Å²) < 4.78 is 0. The average molecular weight is 163 g/mol. The number of allylic oxidation sites excluding steroid dienone is 5. The number of likely N-dealkylation sites (N-methyl/N-ethyl adjacent to an activating group) is 1. The van der Waals surface area contributed by atoms with Gasteiger partial charge < -0.3 is 4.90 Å². The van der Waals surface area contributed by atoms with Gasteiger partial charge in [-0.25, -0.2) is 0 Å². The van der Waals surface area contributed by atoms with Crippen molar-refractivity contribution >= 4 is 0 Å². The predicted octanol–water partition coefficient (Wildman–Crippen LogP) is 2.73. The zero-order chi connectivity index (χ0) is 8.97. The van der Waals surface area contributed by atoms with Crippen molar-refractivity contribution in [2.24, 2.45) is 0 Å². The van der Waals surface area contributed by atoms with E-state index in [0.717, 1.165) is 12.8 Å². The summed E-state index contributed by atoms with van der Waals surface area (Å²) in [5, 5.41) is 0. The largest absolute Gasteiger partial charge is 0.378 e. The Bertz CT molecular complexity index is 231. The fourth-order valence-electron chi connectivity index (χ4n) is 1.23. The van der Waals surface area contributed by atoms with Crippen LogP contribution in [0, 0.1) is 0 Å². The molecule has 0 amide bonds. The van der Waals surface area contributed by atoms with Crippen LogP contribution < -0.4 is 0 Å². The van der Waals surface area contributed by atoms with Crippen molar-refractivity contribution in [2.75, 3.05) is 14.1 Å². The highest BCUT2D eigenvalue weighted by Gasteiger charge is 1.99. The van der Waals surface area contributed by atoms with Gasteiger partial charge in [-0.15, -0.1) is 0 Å². The fourth-order valence-corrected chi connectivity index (χ4v) is 1.23. The first-order chi connectivity index (χ1) is 5.74. The summed E-state index contributed by atoms with van der Waals surface area (Å²) in [7, 11) is 4.16. The molecule has 0 bridgehead atoms. The molecule has 0 aliphatic heterocycles. The van der Waals surface area contributed by atoms with Gasteiger partial charge >= 0.3 is 0 Å². The van der Waals surface area contributed by atoms with Crippen LogP contribution in [0.15, 0.2) is 35.6 Å². The molecule has 1 aliphatic rings. The Kier molecular flexibility index (Phi) is 3.15. The van der Waals surface area contributed by atoms with E-state index in [1.54, 1.807) is 0 Å². The van der Waals surface area contributed by atoms with E-state index in [2.05, 4.69) is 50.2 Å². The van der Waals surface area contributed by atoms with E-state index in [4.69, 9.17) is 0 Å². The Hall–Kier alpha value is -0.980. The van der Waals surface area contributed by atoms with E-state index in [1.165, 1.54) is 11.3 Å². The van der Waals surface area contributed by atoms with Gasteiger partial charge in [0.1, 0.15) is 0 Å². The summed E-state index contributed by atoms with van der Waals surface area (Å²) in [5.74, 6) is 0. The molecule has 1 aliphatic carbocycles. The van der Waals surface area contributed by atoms with Crippen LogP contribution in [-0.4, -0.2) is 19.0 Å². The van der Waals surface area contributed by atoms with Crippen LogP contribution >= 0.6 is 0 Å². The van der Waals surface area contributed by atoms with Gasteiger partial charge in [0.05, 0.1) is 0 Å². The minimum atomic E-state index is 1.10. The van der Waals surface area contributed by atoms with E-state index >= 15 is 0 Å². The van der Waals surface area contributed by atoms with Crippen molar-refractivity contribution in [2.45, 2.75) is 19.8 Å². The van der Waals surface area contributed by atoms with Crippen LogP contribution in [0.2, 0.25) is 0 Å². The molecule has 0 aromatic carbocycles. The van der Waals surface area contributed by atoms with E-state index in [-0.39, 0.29) is 0 Å². The molecule has 1 nitrogen and oxygen atoms in total. The Balaban J connectivity index is 2.84. The third-order valence-electron chi connectivity index (χ3n) is 2.11. The molecule has 0 aromatic rings. The van der Waals surface area contributed by atoms with E-state index in [0.29, 0.717) is 0 Å². The van der Waals surface area contributed by atoms with E-state index in [9.17, 15) is 0 Å². The van der Waals surface area contributed by atoms with Crippen LogP contribution in [0.5, 0.6) is 0 Å². The third kappa shape index (κ3) is 2.26. The van der Waals surface area contributed by atoms with E-state index in [1.807, 2.05) is 0 Å². The molecule has 66 valence electrons. The van der Waals surface area contributed by atoms with Crippen molar-refractivity contribution in [3.63, 3.8) is 0 Å². The van der Waals surface area contributed by atoms with Gasteiger partial charge in [0, 0.05) is 19.8 Å². The smallest absolute Gasteiger partial charge is 0.0360 e. The lowest BCUT2D eigenvalue weighted by Gasteiger charge is -2.13. The molecular weight excluding hydrogens is 146 g/mol. The minimum absolute atomic E-state index is 1.10. The number of nitrogens with zero attached hydrogens (tertiary/aromatic N) is 1. The maximum atomic E-state index is 2.28. The molecule has 12 heavy (non-hydrogen) atoms. The molecule has 0 radical (unpaired) electrons. The number of rotatable bonds is 2. The molecule has 0 atom stereocenters. The Labute approximate surface area is 75.1 Å². The van der Waals surface area contributed by atoms with Gasteiger partial charge in [-0.05, 0) is 25.0 Å². The lowest BCUT2D eigenvalue weighted by molar-refractivity contribution is 0.529. The van der Waals surface area contributed by atoms with Gasteiger partial charge in [0.2, 0.25) is 0 Å². The Morgan fingerprint density at radius 2 is 2.17 bits per heavy atom. The average Bonchev–Trinajstić information content (AvgIpc) is 2.28. The summed E-state index contributed by atoms with van der Waals surface area (Å²) in [6, 6.07) is 0. The molecule has 0 N–H and O–H groups in total. The lowest BCUT2D eigenvalue weighted by atomic mass is 10.1. The van der Waals surface area contributed by atoms with Gasteiger partial charge in [0.25, 0.3) is 0 Å².